The van der Waals surface area contributed by atoms with Crippen molar-refractivity contribution in [2.24, 2.45) is 0 Å². The highest BCUT2D eigenvalue weighted by atomic mass is 16.1. The van der Waals surface area contributed by atoms with E-state index in [0.717, 1.165) is 23.0 Å². The first-order valence-corrected chi connectivity index (χ1v) is 7.07. The molecule has 4 heteroatoms. The van der Waals surface area contributed by atoms with Crippen LogP contribution in [0.5, 0.6) is 0 Å². The van der Waals surface area contributed by atoms with E-state index in [9.17, 15) is 4.79 Å². The van der Waals surface area contributed by atoms with Gasteiger partial charge in [0, 0.05) is 30.6 Å². The normalized spacial score (nSPS) is 12.1. The predicted octanol–water partition coefficient (Wildman–Crippen LogP) is 2.95. The Morgan fingerprint density at radius 3 is 2.90 bits per heavy atom. The number of carbonyl (C=O) groups is 1. The lowest BCUT2D eigenvalue weighted by Crippen LogP contribution is -2.33. The fourth-order valence-electron chi connectivity index (χ4n) is 2.00. The van der Waals surface area contributed by atoms with Crippen LogP contribution >= 0.6 is 0 Å². The summed E-state index contributed by atoms with van der Waals surface area (Å²) in [5.74, 6) is 0.909. The molecule has 0 spiro atoms. The van der Waals surface area contributed by atoms with E-state index in [1.807, 2.05) is 31.2 Å². The van der Waals surface area contributed by atoms with Crippen molar-refractivity contribution in [3.8, 4) is 0 Å². The highest BCUT2D eigenvalue weighted by Gasteiger charge is 2.06. The minimum atomic E-state index is 0.0760. The molecule has 20 heavy (non-hydrogen) atoms. The third kappa shape index (κ3) is 3.70. The van der Waals surface area contributed by atoms with Gasteiger partial charge in [0.15, 0.2) is 0 Å². The lowest BCUT2D eigenvalue weighted by molar-refractivity contribution is -0.121. The predicted molar refractivity (Wildman–Crippen MR) is 82.7 cm³/mol. The number of hydrogen-bond acceptors (Lipinski definition) is 3. The van der Waals surface area contributed by atoms with Gasteiger partial charge in [-0.05, 0) is 24.8 Å². The van der Waals surface area contributed by atoms with Crippen LogP contribution in [0.2, 0.25) is 0 Å². The van der Waals surface area contributed by atoms with Crippen molar-refractivity contribution in [3.63, 3.8) is 0 Å². The SMILES string of the molecule is CCC(C)NC(=O)CCNc1nccc2ccccc12. The summed E-state index contributed by atoms with van der Waals surface area (Å²) in [5, 5.41) is 8.42. The number of aromatic nitrogens is 1. The lowest BCUT2D eigenvalue weighted by Gasteiger charge is -2.12. The Balaban J connectivity index is 1.92. The van der Waals surface area contributed by atoms with Crippen LogP contribution in [0.25, 0.3) is 10.8 Å². The van der Waals surface area contributed by atoms with Crippen molar-refractivity contribution in [1.29, 1.82) is 0 Å². The van der Waals surface area contributed by atoms with Crippen LogP contribution in [-0.2, 0) is 4.79 Å². The Bertz CT molecular complexity index is 577. The van der Waals surface area contributed by atoms with Gasteiger partial charge >= 0.3 is 0 Å². The van der Waals surface area contributed by atoms with Crippen LogP contribution in [0.15, 0.2) is 36.5 Å². The van der Waals surface area contributed by atoms with Gasteiger partial charge in [0.2, 0.25) is 5.91 Å². The van der Waals surface area contributed by atoms with Crippen LogP contribution in [0.4, 0.5) is 5.82 Å². The molecule has 1 amide bonds. The maximum Gasteiger partial charge on any atom is 0.221 e. The lowest BCUT2D eigenvalue weighted by atomic mass is 10.1. The molecule has 0 bridgehead atoms. The van der Waals surface area contributed by atoms with Gasteiger partial charge in [-0.3, -0.25) is 4.79 Å². The number of nitrogens with zero attached hydrogens (tertiary/aromatic N) is 1. The molecule has 2 aromatic rings. The number of hydrogen-bond donors (Lipinski definition) is 2. The molecular formula is C16H21N3O. The summed E-state index contributed by atoms with van der Waals surface area (Å²) in [5.41, 5.74) is 0. The molecule has 106 valence electrons. The van der Waals surface area contributed by atoms with Gasteiger partial charge in [-0.1, -0.05) is 31.2 Å². The summed E-state index contributed by atoms with van der Waals surface area (Å²) in [7, 11) is 0. The molecule has 0 aliphatic rings. The summed E-state index contributed by atoms with van der Waals surface area (Å²) in [4.78, 5) is 16.0. The largest absolute Gasteiger partial charge is 0.369 e. The van der Waals surface area contributed by atoms with Crippen LogP contribution < -0.4 is 10.6 Å². The number of fused-ring (bicyclic) bond motifs is 1. The third-order valence-corrected chi connectivity index (χ3v) is 3.34. The quantitative estimate of drug-likeness (QED) is 0.849. The Hall–Kier alpha value is -2.10. The molecule has 1 unspecified atom stereocenters. The molecule has 1 aromatic heterocycles. The standard InChI is InChI=1S/C16H21N3O/c1-3-12(2)19-15(20)9-11-18-16-14-7-5-4-6-13(14)8-10-17-16/h4-8,10,12H,3,9,11H2,1-2H3,(H,17,18)(H,19,20). The Labute approximate surface area is 119 Å². The molecule has 0 fully saturated rings. The molecule has 1 aromatic carbocycles. The number of pyridine rings is 1. The molecule has 0 aliphatic carbocycles. The van der Waals surface area contributed by atoms with Crippen molar-refractivity contribution >= 4 is 22.5 Å². The van der Waals surface area contributed by atoms with Gasteiger partial charge in [0.25, 0.3) is 0 Å². The number of anilines is 1. The van der Waals surface area contributed by atoms with E-state index < -0.39 is 0 Å². The molecule has 1 atom stereocenters. The summed E-state index contributed by atoms with van der Waals surface area (Å²) in [6.07, 6.45) is 3.18. The average molecular weight is 271 g/mol. The fraction of sp³-hybridized carbons (Fsp3) is 0.375. The minimum absolute atomic E-state index is 0.0760. The van der Waals surface area contributed by atoms with E-state index in [2.05, 4.69) is 28.6 Å². The maximum absolute atomic E-state index is 11.7. The second kappa shape index (κ2) is 6.89. The summed E-state index contributed by atoms with van der Waals surface area (Å²) in [6, 6.07) is 10.3. The first kappa shape index (κ1) is 14.3. The summed E-state index contributed by atoms with van der Waals surface area (Å²) in [6.45, 7) is 4.66. The molecule has 0 radical (unpaired) electrons. The van der Waals surface area contributed by atoms with Crippen molar-refractivity contribution in [1.82, 2.24) is 10.3 Å². The van der Waals surface area contributed by atoms with Gasteiger partial charge in [-0.25, -0.2) is 4.98 Å². The van der Waals surface area contributed by atoms with E-state index in [4.69, 9.17) is 0 Å². The van der Waals surface area contributed by atoms with Gasteiger partial charge < -0.3 is 10.6 Å². The van der Waals surface area contributed by atoms with E-state index >= 15 is 0 Å². The molecule has 0 aliphatic heterocycles. The van der Waals surface area contributed by atoms with Crippen LogP contribution in [0, 0.1) is 0 Å². The van der Waals surface area contributed by atoms with Crippen molar-refractivity contribution in [2.45, 2.75) is 32.7 Å². The highest BCUT2D eigenvalue weighted by Crippen LogP contribution is 2.20. The van der Waals surface area contributed by atoms with Crippen LogP contribution in [-0.4, -0.2) is 23.5 Å². The molecule has 1 heterocycles. The number of carbonyl (C=O) groups excluding carboxylic acids is 1. The molecular weight excluding hydrogens is 250 g/mol. The van der Waals surface area contributed by atoms with Crippen LogP contribution in [0.1, 0.15) is 26.7 Å². The zero-order chi connectivity index (χ0) is 14.4. The van der Waals surface area contributed by atoms with E-state index in [-0.39, 0.29) is 11.9 Å². The van der Waals surface area contributed by atoms with Crippen LogP contribution in [0.3, 0.4) is 0 Å². The number of benzene rings is 1. The van der Waals surface area contributed by atoms with Gasteiger partial charge in [-0.15, -0.1) is 0 Å². The molecule has 2 N–H and O–H groups in total. The van der Waals surface area contributed by atoms with E-state index in [1.165, 1.54) is 0 Å². The average Bonchev–Trinajstić information content (AvgIpc) is 2.47. The smallest absolute Gasteiger partial charge is 0.221 e. The summed E-state index contributed by atoms with van der Waals surface area (Å²) < 4.78 is 0. The Morgan fingerprint density at radius 2 is 2.10 bits per heavy atom. The number of amides is 1. The van der Waals surface area contributed by atoms with Gasteiger partial charge in [0.05, 0.1) is 0 Å². The van der Waals surface area contributed by atoms with Gasteiger partial charge in [0.1, 0.15) is 5.82 Å². The zero-order valence-electron chi connectivity index (χ0n) is 12.0. The third-order valence-electron chi connectivity index (χ3n) is 3.34. The molecule has 0 saturated heterocycles. The molecule has 0 saturated carbocycles. The minimum Gasteiger partial charge on any atom is -0.369 e. The number of rotatable bonds is 6. The number of nitrogens with one attached hydrogen (secondary N) is 2. The zero-order valence-corrected chi connectivity index (χ0v) is 12.0. The van der Waals surface area contributed by atoms with Crippen molar-refractivity contribution < 1.29 is 4.79 Å². The topological polar surface area (TPSA) is 54.0 Å². The second-order valence-electron chi connectivity index (χ2n) is 4.93. The maximum atomic E-state index is 11.7. The van der Waals surface area contributed by atoms with Crippen molar-refractivity contribution in [2.75, 3.05) is 11.9 Å². The van der Waals surface area contributed by atoms with Gasteiger partial charge in [-0.2, -0.15) is 0 Å². The highest BCUT2D eigenvalue weighted by molar-refractivity contribution is 5.91. The summed E-state index contributed by atoms with van der Waals surface area (Å²) >= 11 is 0. The second-order valence-corrected chi connectivity index (χ2v) is 4.93. The monoisotopic (exact) mass is 271 g/mol. The van der Waals surface area contributed by atoms with E-state index in [1.54, 1.807) is 6.20 Å². The molecule has 2 rings (SSSR count). The molecule has 4 nitrogen and oxygen atoms in total. The Kier molecular flexibility index (Phi) is 4.93. The first-order valence-electron chi connectivity index (χ1n) is 7.07. The fourth-order valence-corrected chi connectivity index (χ4v) is 2.00. The first-order chi connectivity index (χ1) is 9.70. The van der Waals surface area contributed by atoms with Crippen molar-refractivity contribution in [3.05, 3.63) is 36.5 Å². The van der Waals surface area contributed by atoms with E-state index in [0.29, 0.717) is 13.0 Å². The Morgan fingerprint density at radius 1 is 1.30 bits per heavy atom.